The summed E-state index contributed by atoms with van der Waals surface area (Å²) in [6, 6.07) is 13.7. The minimum atomic E-state index is -1.44. The Morgan fingerprint density at radius 2 is 1.44 bits per heavy atom. The molecule has 9 nitrogen and oxygen atoms in total. The maximum Gasteiger partial charge on any atom is 0.252 e. The highest BCUT2D eigenvalue weighted by atomic mass is 19.1. The molecule has 1 aliphatic rings. The van der Waals surface area contributed by atoms with Crippen molar-refractivity contribution in [1.82, 2.24) is 10.6 Å². The molecule has 214 valence electrons. The lowest BCUT2D eigenvalue weighted by molar-refractivity contribution is -0.130. The second kappa shape index (κ2) is 12.3. The highest BCUT2D eigenvalue weighted by molar-refractivity contribution is 6.13. The van der Waals surface area contributed by atoms with Gasteiger partial charge in [0.05, 0.1) is 23.5 Å². The average Bonchev–Trinajstić information content (AvgIpc) is 3.04. The Kier molecular flexibility index (Phi) is 8.77. The van der Waals surface area contributed by atoms with Gasteiger partial charge < -0.3 is 20.9 Å². The summed E-state index contributed by atoms with van der Waals surface area (Å²) >= 11 is 0. The Hall–Kier alpha value is -4.64. The molecule has 4 amide bonds. The lowest BCUT2D eigenvalue weighted by Gasteiger charge is -2.34. The van der Waals surface area contributed by atoms with Gasteiger partial charge in [0.25, 0.3) is 11.8 Å². The number of halogens is 2. The second-order valence-electron chi connectivity index (χ2n) is 9.72. The number of hydrogen-bond acceptors (Lipinski definition) is 5. The molecule has 0 aromatic heterocycles. The molecule has 41 heavy (non-hydrogen) atoms. The van der Waals surface area contributed by atoms with Crippen molar-refractivity contribution in [2.75, 3.05) is 22.2 Å². The quantitative estimate of drug-likeness (QED) is 0.408. The summed E-state index contributed by atoms with van der Waals surface area (Å²) in [4.78, 5) is 56.9. The zero-order chi connectivity index (χ0) is 29.8. The third kappa shape index (κ3) is 5.80. The van der Waals surface area contributed by atoms with Crippen LogP contribution in [0.5, 0.6) is 0 Å². The molecule has 0 fully saturated rings. The molecule has 0 bridgehead atoms. The first-order chi connectivity index (χ1) is 19.6. The molecule has 0 saturated heterocycles. The zero-order valence-electron chi connectivity index (χ0n) is 23.0. The van der Waals surface area contributed by atoms with E-state index >= 15 is 0 Å². The summed E-state index contributed by atoms with van der Waals surface area (Å²) in [7, 11) is 1.59. The van der Waals surface area contributed by atoms with E-state index in [9.17, 15) is 28.0 Å². The average molecular weight is 564 g/mol. The summed E-state index contributed by atoms with van der Waals surface area (Å²) < 4.78 is 29.1. The van der Waals surface area contributed by atoms with Crippen LogP contribution in [-0.2, 0) is 19.2 Å². The molecule has 1 heterocycles. The van der Waals surface area contributed by atoms with Gasteiger partial charge in [0.1, 0.15) is 29.4 Å². The number of para-hydroxylation sites is 3. The SMILES string of the molecule is CNC(C)C(=O)N[C@@H]1C(=O)N(C(C(=O)Nc2c(F)cccc2F)c2ccccc2)c2ccccc2N(C(C)=O)[C@H]1C. The van der Waals surface area contributed by atoms with Crippen LogP contribution >= 0.6 is 0 Å². The van der Waals surface area contributed by atoms with Crippen molar-refractivity contribution >= 4 is 40.7 Å². The Balaban J connectivity index is 1.93. The normalized spacial score (nSPS) is 18.1. The van der Waals surface area contributed by atoms with Gasteiger partial charge in [-0.15, -0.1) is 0 Å². The topological polar surface area (TPSA) is 111 Å². The van der Waals surface area contributed by atoms with Gasteiger partial charge in [-0.05, 0) is 50.7 Å². The van der Waals surface area contributed by atoms with Crippen LogP contribution in [-0.4, -0.2) is 48.8 Å². The van der Waals surface area contributed by atoms with Gasteiger partial charge in [-0.1, -0.05) is 48.5 Å². The first-order valence-electron chi connectivity index (χ1n) is 13.1. The fourth-order valence-corrected chi connectivity index (χ4v) is 4.89. The Morgan fingerprint density at radius 1 is 0.854 bits per heavy atom. The van der Waals surface area contributed by atoms with Gasteiger partial charge in [0, 0.05) is 6.92 Å². The lowest BCUT2D eigenvalue weighted by Crippen LogP contribution is -2.60. The molecule has 1 aliphatic heterocycles. The molecule has 2 unspecified atom stereocenters. The minimum absolute atomic E-state index is 0.205. The molecule has 3 aromatic carbocycles. The third-order valence-electron chi connectivity index (χ3n) is 7.09. The zero-order valence-corrected chi connectivity index (χ0v) is 23.0. The molecule has 11 heteroatoms. The van der Waals surface area contributed by atoms with Crippen molar-refractivity contribution in [1.29, 1.82) is 0 Å². The van der Waals surface area contributed by atoms with E-state index in [2.05, 4.69) is 16.0 Å². The van der Waals surface area contributed by atoms with E-state index in [-0.39, 0.29) is 5.69 Å². The molecular weight excluding hydrogens is 532 g/mol. The van der Waals surface area contributed by atoms with Crippen molar-refractivity contribution in [3.8, 4) is 0 Å². The van der Waals surface area contributed by atoms with Crippen LogP contribution in [0.1, 0.15) is 32.4 Å². The van der Waals surface area contributed by atoms with E-state index in [0.717, 1.165) is 12.1 Å². The van der Waals surface area contributed by atoms with E-state index < -0.39 is 65.1 Å². The van der Waals surface area contributed by atoms with Crippen molar-refractivity contribution in [2.24, 2.45) is 0 Å². The van der Waals surface area contributed by atoms with Gasteiger partial charge in [0.15, 0.2) is 0 Å². The summed E-state index contributed by atoms with van der Waals surface area (Å²) in [6.07, 6.45) is 0. The van der Waals surface area contributed by atoms with Gasteiger partial charge in [-0.25, -0.2) is 8.78 Å². The van der Waals surface area contributed by atoms with Crippen molar-refractivity contribution < 1.29 is 28.0 Å². The Bertz CT molecular complexity index is 1450. The second-order valence-corrected chi connectivity index (χ2v) is 9.72. The number of benzene rings is 3. The molecule has 0 spiro atoms. The third-order valence-corrected chi connectivity index (χ3v) is 7.09. The van der Waals surface area contributed by atoms with Crippen molar-refractivity contribution in [2.45, 2.75) is 44.9 Å². The molecule has 3 aromatic rings. The van der Waals surface area contributed by atoms with Crippen LogP contribution in [0.3, 0.4) is 0 Å². The molecule has 4 atom stereocenters. The lowest BCUT2D eigenvalue weighted by atomic mass is 10.0. The number of amides is 4. The van der Waals surface area contributed by atoms with Crippen LogP contribution in [0.4, 0.5) is 25.8 Å². The number of likely N-dealkylation sites (N-methyl/N-ethyl adjacent to an activating group) is 1. The summed E-state index contributed by atoms with van der Waals surface area (Å²) in [6.45, 7) is 4.57. The molecule has 0 radical (unpaired) electrons. The van der Waals surface area contributed by atoms with E-state index in [1.54, 1.807) is 75.5 Å². The fraction of sp³-hybridized carbons (Fsp3) is 0.267. The van der Waals surface area contributed by atoms with Gasteiger partial charge >= 0.3 is 0 Å². The first-order valence-corrected chi connectivity index (χ1v) is 13.1. The van der Waals surface area contributed by atoms with Crippen LogP contribution in [0.25, 0.3) is 0 Å². The highest BCUT2D eigenvalue weighted by Crippen LogP contribution is 2.40. The minimum Gasteiger partial charge on any atom is -0.341 e. The molecule has 0 aliphatic carbocycles. The summed E-state index contributed by atoms with van der Waals surface area (Å²) in [5, 5.41) is 7.86. The van der Waals surface area contributed by atoms with E-state index in [1.165, 1.54) is 22.8 Å². The van der Waals surface area contributed by atoms with Crippen LogP contribution in [0.2, 0.25) is 0 Å². The number of nitrogens with one attached hydrogen (secondary N) is 3. The standard InChI is InChI=1S/C30H31F2N5O4/c1-17(33-4)28(39)34-25-18(2)36(19(3)38)23-15-8-9-16-24(23)37(30(25)41)27(20-11-6-5-7-12-20)29(40)35-26-21(31)13-10-14-22(26)32/h5-18,25,27,33H,1-4H3,(H,34,39)(H,35,40)/t17?,18-,25-,27?/m0/s1. The van der Waals surface area contributed by atoms with E-state index in [0.29, 0.717) is 11.3 Å². The van der Waals surface area contributed by atoms with Crippen LogP contribution < -0.4 is 25.8 Å². The maximum absolute atomic E-state index is 14.6. The molecular formula is C30H31F2N5O4. The largest absolute Gasteiger partial charge is 0.341 e. The molecule has 0 saturated carbocycles. The number of anilines is 3. The fourth-order valence-electron chi connectivity index (χ4n) is 4.89. The summed E-state index contributed by atoms with van der Waals surface area (Å²) in [5.74, 6) is -4.47. The number of carbonyl (C=O) groups is 4. The number of carbonyl (C=O) groups excluding carboxylic acids is 4. The van der Waals surface area contributed by atoms with Gasteiger partial charge in [-0.2, -0.15) is 0 Å². The smallest absolute Gasteiger partial charge is 0.252 e. The predicted octanol–water partition coefficient (Wildman–Crippen LogP) is 3.53. The number of hydrogen-bond donors (Lipinski definition) is 3. The molecule has 3 N–H and O–H groups in total. The monoisotopic (exact) mass is 563 g/mol. The van der Waals surface area contributed by atoms with Gasteiger partial charge in [-0.3, -0.25) is 24.1 Å². The first kappa shape index (κ1) is 29.3. The maximum atomic E-state index is 14.6. The van der Waals surface area contributed by atoms with E-state index in [1.807, 2.05) is 0 Å². The number of rotatable bonds is 7. The Morgan fingerprint density at radius 3 is 2.02 bits per heavy atom. The van der Waals surface area contributed by atoms with Crippen LogP contribution in [0.15, 0.2) is 72.8 Å². The molecule has 4 rings (SSSR count). The highest BCUT2D eigenvalue weighted by Gasteiger charge is 2.45. The van der Waals surface area contributed by atoms with Crippen LogP contribution in [0, 0.1) is 11.6 Å². The summed E-state index contributed by atoms with van der Waals surface area (Å²) in [5.41, 5.74) is 0.198. The van der Waals surface area contributed by atoms with E-state index in [4.69, 9.17) is 0 Å². The van der Waals surface area contributed by atoms with Crippen molar-refractivity contribution in [3.63, 3.8) is 0 Å². The number of nitrogens with zero attached hydrogens (tertiary/aromatic N) is 2. The Labute approximate surface area is 236 Å². The van der Waals surface area contributed by atoms with Crippen molar-refractivity contribution in [3.05, 3.63) is 90.0 Å². The predicted molar refractivity (Wildman–Crippen MR) is 151 cm³/mol. The van der Waals surface area contributed by atoms with Gasteiger partial charge in [0.2, 0.25) is 11.8 Å². The number of fused-ring (bicyclic) bond motifs is 1.